The molecule has 4 rings (SSSR count). The van der Waals surface area contributed by atoms with Crippen LogP contribution in [-0.4, -0.2) is 30.8 Å². The number of aliphatic hydroxyl groups is 1. The highest BCUT2D eigenvalue weighted by molar-refractivity contribution is 6.30. The second-order valence-corrected chi connectivity index (χ2v) is 7.73. The Morgan fingerprint density at radius 3 is 2.65 bits per heavy atom. The number of nitrogens with zero attached hydrogens (tertiary/aromatic N) is 4. The number of nitrogens with two attached hydrogens (primary N) is 1. The van der Waals surface area contributed by atoms with Gasteiger partial charge in [-0.3, -0.25) is 4.79 Å². The molecule has 0 saturated heterocycles. The van der Waals surface area contributed by atoms with Gasteiger partial charge in [-0.2, -0.15) is 5.10 Å². The van der Waals surface area contributed by atoms with Crippen molar-refractivity contribution in [3.8, 4) is 5.69 Å². The molecule has 2 aromatic carbocycles. The summed E-state index contributed by atoms with van der Waals surface area (Å²) in [5, 5.41) is 18.1. The smallest absolute Gasteiger partial charge is 0.257 e. The van der Waals surface area contributed by atoms with Crippen molar-refractivity contribution < 1.29 is 9.90 Å². The van der Waals surface area contributed by atoms with Crippen LogP contribution in [0.1, 0.15) is 28.7 Å². The van der Waals surface area contributed by atoms with Gasteiger partial charge < -0.3 is 16.2 Å². The zero-order valence-electron chi connectivity index (χ0n) is 17.2. The van der Waals surface area contributed by atoms with Crippen molar-refractivity contribution in [3.05, 3.63) is 70.1 Å². The van der Waals surface area contributed by atoms with Gasteiger partial charge in [0.25, 0.3) is 5.91 Å². The summed E-state index contributed by atoms with van der Waals surface area (Å²) in [5.74, 6) is 0.383. The Labute approximate surface area is 183 Å². The van der Waals surface area contributed by atoms with Gasteiger partial charge in [-0.1, -0.05) is 23.7 Å². The number of hydrogen-bond acceptors (Lipinski definition) is 6. The first-order valence-electron chi connectivity index (χ1n) is 9.59. The summed E-state index contributed by atoms with van der Waals surface area (Å²) in [5.41, 5.74) is 10.8. The topological polar surface area (TPSA) is 119 Å². The summed E-state index contributed by atoms with van der Waals surface area (Å²) < 4.78 is 1.71. The van der Waals surface area contributed by atoms with Crippen molar-refractivity contribution in [1.29, 1.82) is 0 Å². The Kier molecular flexibility index (Phi) is 5.34. The molecule has 0 saturated carbocycles. The Hall–Kier alpha value is -3.49. The van der Waals surface area contributed by atoms with E-state index in [4.69, 9.17) is 17.3 Å². The number of nitrogens with one attached hydrogen (secondary N) is 1. The molecule has 0 bridgehead atoms. The first-order chi connectivity index (χ1) is 14.7. The Balaban J connectivity index is 1.64. The molecular formula is C22H21ClN6O2. The number of aliphatic hydroxyl groups excluding tert-OH is 1. The average Bonchev–Trinajstić information content (AvgIpc) is 3.04. The number of anilines is 2. The number of hydrogen-bond donors (Lipinski definition) is 3. The summed E-state index contributed by atoms with van der Waals surface area (Å²) in [7, 11) is 0. The highest BCUT2D eigenvalue weighted by Gasteiger charge is 2.19. The number of fused-ring (bicyclic) bond motifs is 1. The standard InChI is InChI=1S/C22H21ClN6O2/c1-11-9-16(27-22(31)20(30)14-5-4-6-15(23)10-14)7-8-17(11)29-19-18(12(2)28-29)25-13(3)26-21(19)24/h4-10,20,30H,1-3H3,(H,27,31)(H2,24,25,26)/t20-/m1/s1. The van der Waals surface area contributed by atoms with Gasteiger partial charge in [-0.05, 0) is 62.2 Å². The minimum Gasteiger partial charge on any atom is -0.382 e. The largest absolute Gasteiger partial charge is 0.382 e. The predicted molar refractivity (Wildman–Crippen MR) is 120 cm³/mol. The zero-order valence-corrected chi connectivity index (χ0v) is 18.0. The fourth-order valence-electron chi connectivity index (χ4n) is 3.48. The number of aryl methyl sites for hydroxylation is 3. The van der Waals surface area contributed by atoms with Crippen LogP contribution < -0.4 is 11.1 Å². The lowest BCUT2D eigenvalue weighted by atomic mass is 10.1. The van der Waals surface area contributed by atoms with Crippen LogP contribution in [0.25, 0.3) is 16.7 Å². The highest BCUT2D eigenvalue weighted by Crippen LogP contribution is 2.27. The third kappa shape index (κ3) is 3.95. The van der Waals surface area contributed by atoms with Crippen molar-refractivity contribution in [3.63, 3.8) is 0 Å². The van der Waals surface area contributed by atoms with Gasteiger partial charge in [0.15, 0.2) is 11.9 Å². The summed E-state index contributed by atoms with van der Waals surface area (Å²) in [6, 6.07) is 11.9. The third-order valence-electron chi connectivity index (χ3n) is 4.93. The van der Waals surface area contributed by atoms with Crippen molar-refractivity contribution in [2.24, 2.45) is 0 Å². The molecule has 1 atom stereocenters. The molecule has 8 nitrogen and oxygen atoms in total. The Morgan fingerprint density at radius 2 is 1.94 bits per heavy atom. The van der Waals surface area contributed by atoms with E-state index in [1.54, 1.807) is 48.0 Å². The lowest BCUT2D eigenvalue weighted by Gasteiger charge is -2.14. The molecule has 31 heavy (non-hydrogen) atoms. The number of carbonyl (C=O) groups is 1. The van der Waals surface area contributed by atoms with Crippen LogP contribution >= 0.6 is 11.6 Å². The molecule has 0 aliphatic rings. The lowest BCUT2D eigenvalue weighted by molar-refractivity contribution is -0.124. The highest BCUT2D eigenvalue weighted by atomic mass is 35.5. The summed E-state index contributed by atoms with van der Waals surface area (Å²) in [6.45, 7) is 5.55. The molecule has 0 spiro atoms. The molecule has 2 aromatic heterocycles. The average molecular weight is 437 g/mol. The van der Waals surface area contributed by atoms with E-state index in [0.717, 1.165) is 16.9 Å². The number of halogens is 1. The number of amides is 1. The van der Waals surface area contributed by atoms with E-state index in [1.807, 2.05) is 19.9 Å². The van der Waals surface area contributed by atoms with E-state index in [0.29, 0.717) is 38.9 Å². The minimum atomic E-state index is -1.34. The number of carbonyl (C=O) groups excluding carboxylic acids is 1. The van der Waals surface area contributed by atoms with Crippen molar-refractivity contribution in [1.82, 2.24) is 19.7 Å². The van der Waals surface area contributed by atoms with Crippen molar-refractivity contribution >= 4 is 40.0 Å². The van der Waals surface area contributed by atoms with Crippen molar-refractivity contribution in [2.45, 2.75) is 26.9 Å². The van der Waals surface area contributed by atoms with Crippen LogP contribution in [0.15, 0.2) is 42.5 Å². The van der Waals surface area contributed by atoms with Crippen molar-refractivity contribution in [2.75, 3.05) is 11.1 Å². The van der Waals surface area contributed by atoms with Crippen LogP contribution in [0, 0.1) is 20.8 Å². The fourth-order valence-corrected chi connectivity index (χ4v) is 3.68. The van der Waals surface area contributed by atoms with Crippen LogP contribution in [0.4, 0.5) is 11.5 Å². The summed E-state index contributed by atoms with van der Waals surface area (Å²) in [6.07, 6.45) is -1.34. The van der Waals surface area contributed by atoms with E-state index in [1.165, 1.54) is 0 Å². The maximum atomic E-state index is 12.5. The van der Waals surface area contributed by atoms with Crippen LogP contribution in [0.5, 0.6) is 0 Å². The number of nitrogen functional groups attached to an aromatic ring is 1. The predicted octanol–water partition coefficient (Wildman–Crippen LogP) is 3.65. The van der Waals surface area contributed by atoms with Gasteiger partial charge in [0.05, 0.1) is 11.4 Å². The maximum Gasteiger partial charge on any atom is 0.257 e. The minimum absolute atomic E-state index is 0.351. The molecule has 0 aliphatic heterocycles. The maximum absolute atomic E-state index is 12.5. The molecule has 0 aliphatic carbocycles. The van der Waals surface area contributed by atoms with E-state index in [-0.39, 0.29) is 0 Å². The molecule has 1 amide bonds. The van der Waals surface area contributed by atoms with Crippen LogP contribution in [-0.2, 0) is 4.79 Å². The lowest BCUT2D eigenvalue weighted by Crippen LogP contribution is -2.21. The van der Waals surface area contributed by atoms with E-state index in [9.17, 15) is 9.90 Å². The summed E-state index contributed by atoms with van der Waals surface area (Å²) in [4.78, 5) is 21.2. The SMILES string of the molecule is Cc1nc(N)c2c(n1)c(C)nn2-c1ccc(NC(=O)[C@H](O)c2cccc(Cl)c2)cc1C. The Bertz CT molecular complexity index is 1320. The van der Waals surface area contributed by atoms with E-state index < -0.39 is 12.0 Å². The third-order valence-corrected chi connectivity index (χ3v) is 5.17. The van der Waals surface area contributed by atoms with E-state index >= 15 is 0 Å². The zero-order chi connectivity index (χ0) is 22.3. The van der Waals surface area contributed by atoms with Crippen LogP contribution in [0.3, 0.4) is 0 Å². The van der Waals surface area contributed by atoms with Crippen LogP contribution in [0.2, 0.25) is 5.02 Å². The number of rotatable bonds is 4. The quantitative estimate of drug-likeness (QED) is 0.449. The number of benzene rings is 2. The van der Waals surface area contributed by atoms with Gasteiger partial charge in [0, 0.05) is 10.7 Å². The van der Waals surface area contributed by atoms with Gasteiger partial charge >= 0.3 is 0 Å². The fraction of sp³-hybridized carbons (Fsp3) is 0.182. The van der Waals surface area contributed by atoms with Gasteiger partial charge in [-0.15, -0.1) is 0 Å². The molecule has 0 unspecified atom stereocenters. The van der Waals surface area contributed by atoms with Gasteiger partial charge in [0.1, 0.15) is 16.9 Å². The molecule has 158 valence electrons. The molecule has 9 heteroatoms. The second kappa shape index (κ2) is 7.98. The Morgan fingerprint density at radius 1 is 1.16 bits per heavy atom. The van der Waals surface area contributed by atoms with Gasteiger partial charge in [-0.25, -0.2) is 14.6 Å². The molecule has 0 fully saturated rings. The first kappa shape index (κ1) is 20.8. The number of aromatic nitrogens is 4. The first-order valence-corrected chi connectivity index (χ1v) is 9.97. The monoisotopic (exact) mass is 436 g/mol. The normalized spacial score (nSPS) is 12.2. The summed E-state index contributed by atoms with van der Waals surface area (Å²) >= 11 is 5.94. The molecule has 0 radical (unpaired) electrons. The van der Waals surface area contributed by atoms with Gasteiger partial charge in [0.2, 0.25) is 0 Å². The molecule has 2 heterocycles. The van der Waals surface area contributed by atoms with E-state index in [2.05, 4.69) is 20.4 Å². The molecular weight excluding hydrogens is 416 g/mol. The molecule has 4 aromatic rings. The molecule has 4 N–H and O–H groups in total. The second-order valence-electron chi connectivity index (χ2n) is 7.30.